The molecule has 3 aromatic carbocycles. The van der Waals surface area contributed by atoms with E-state index in [2.05, 4.69) is 22.6 Å². The molecular weight excluding hydrogens is 809 g/mol. The van der Waals surface area contributed by atoms with Crippen LogP contribution < -0.4 is 16.1 Å². The lowest BCUT2D eigenvalue weighted by Gasteiger charge is -2.36. The van der Waals surface area contributed by atoms with Gasteiger partial charge in [-0.1, -0.05) is 120 Å². The minimum atomic E-state index is -1.70. The molecule has 2 saturated heterocycles. The lowest BCUT2D eigenvalue weighted by Crippen LogP contribution is -2.56. The quantitative estimate of drug-likeness (QED) is 0.0430. The third kappa shape index (κ3) is 16.0. The van der Waals surface area contributed by atoms with Crippen LogP contribution in [0.15, 0.2) is 84.9 Å². The summed E-state index contributed by atoms with van der Waals surface area (Å²) in [6.45, 7) is 8.85. The van der Waals surface area contributed by atoms with Crippen LogP contribution in [0.4, 0.5) is 0 Å². The van der Waals surface area contributed by atoms with Crippen LogP contribution in [-0.4, -0.2) is 112 Å². The van der Waals surface area contributed by atoms with Gasteiger partial charge in [0.1, 0.15) is 24.2 Å². The fourth-order valence-electron chi connectivity index (χ4n) is 7.75. The van der Waals surface area contributed by atoms with Crippen molar-refractivity contribution in [1.29, 1.82) is 0 Å². The van der Waals surface area contributed by atoms with Crippen molar-refractivity contribution in [3.05, 3.63) is 96.1 Å². The van der Waals surface area contributed by atoms with Crippen molar-refractivity contribution >= 4 is 35.4 Å². The van der Waals surface area contributed by atoms with E-state index in [0.29, 0.717) is 17.6 Å². The summed E-state index contributed by atoms with van der Waals surface area (Å²) in [6.07, 6.45) is 2.70. The number of carboxylic acids is 1. The summed E-state index contributed by atoms with van der Waals surface area (Å²) < 4.78 is 5.70. The Morgan fingerprint density at radius 1 is 0.794 bits per heavy atom. The van der Waals surface area contributed by atoms with Crippen LogP contribution in [0.2, 0.25) is 0 Å². The summed E-state index contributed by atoms with van der Waals surface area (Å²) in [4.78, 5) is 72.9. The van der Waals surface area contributed by atoms with Gasteiger partial charge in [0.2, 0.25) is 11.8 Å². The number of hydrogen-bond donors (Lipinski definition) is 7. The molecule has 5 rings (SSSR count). The number of amides is 3. The van der Waals surface area contributed by atoms with Gasteiger partial charge in [-0.25, -0.2) is 5.48 Å². The summed E-state index contributed by atoms with van der Waals surface area (Å²) in [5, 5.41) is 41.8. The maximum atomic E-state index is 12.5. The van der Waals surface area contributed by atoms with E-state index in [1.165, 1.54) is 25.4 Å². The molecule has 0 aliphatic carbocycles. The smallest absolute Gasteiger partial charge is 0.316 e. The number of hydroxylamine groups is 1. The number of ether oxygens (including phenoxy) is 1. The number of likely N-dealkylation sites (N-methyl/N-ethyl adjacent to an activating group) is 1. The molecule has 15 heteroatoms. The van der Waals surface area contributed by atoms with Crippen LogP contribution in [0.3, 0.4) is 0 Å². The Hall–Kier alpha value is -5.48. The second-order valence-electron chi connectivity index (χ2n) is 17.6. The normalized spacial score (nSPS) is 18.7. The second kappa shape index (κ2) is 25.0. The molecule has 3 aromatic rings. The van der Waals surface area contributed by atoms with Crippen LogP contribution in [0.25, 0.3) is 11.1 Å². The minimum absolute atomic E-state index is 0.00367. The Morgan fingerprint density at radius 2 is 1.33 bits per heavy atom. The summed E-state index contributed by atoms with van der Waals surface area (Å²) in [5.74, 6) is -5.03. The van der Waals surface area contributed by atoms with E-state index in [4.69, 9.17) is 15.1 Å². The van der Waals surface area contributed by atoms with Gasteiger partial charge >= 0.3 is 11.9 Å². The number of esters is 1. The van der Waals surface area contributed by atoms with Crippen LogP contribution in [-0.2, 0) is 28.7 Å². The number of aliphatic hydroxyl groups is 2. The average molecular weight is 875 g/mol. The van der Waals surface area contributed by atoms with Gasteiger partial charge in [-0.3, -0.25) is 34.0 Å². The molecule has 2 aliphatic heterocycles. The van der Waals surface area contributed by atoms with Crippen molar-refractivity contribution in [2.45, 2.75) is 116 Å². The van der Waals surface area contributed by atoms with E-state index in [0.717, 1.165) is 29.5 Å². The average Bonchev–Trinajstić information content (AvgIpc) is 3.45. The fraction of sp³-hybridized carbons (Fsp3) is 0.500. The second-order valence-corrected chi connectivity index (χ2v) is 17.6. The number of fused-ring (bicyclic) bond motifs is 2. The molecule has 7 N–H and O–H groups in total. The number of nitrogens with zero attached hydrogens (tertiary/aromatic N) is 1. The maximum absolute atomic E-state index is 12.5. The summed E-state index contributed by atoms with van der Waals surface area (Å²) in [5.41, 5.74) is 4.29. The number of rotatable bonds is 16. The van der Waals surface area contributed by atoms with Gasteiger partial charge in [-0.2, -0.15) is 0 Å². The Labute approximate surface area is 370 Å². The van der Waals surface area contributed by atoms with Gasteiger partial charge in [-0.05, 0) is 67.2 Å². The van der Waals surface area contributed by atoms with E-state index in [-0.39, 0.29) is 55.6 Å². The Balaban J connectivity index is 0.000000252. The van der Waals surface area contributed by atoms with E-state index in [9.17, 15) is 39.0 Å². The number of aliphatic hydroxyl groups excluding tert-OH is 2. The number of piperidine rings is 1. The Kier molecular flexibility index (Phi) is 20.6. The zero-order valence-electron chi connectivity index (χ0n) is 37.5. The molecule has 2 bridgehead atoms. The zero-order chi connectivity index (χ0) is 46.9. The molecular formula is C48H66N4O11. The first-order valence-electron chi connectivity index (χ1n) is 21.4. The molecule has 3 amide bonds. The summed E-state index contributed by atoms with van der Waals surface area (Å²) >= 11 is 0. The predicted octanol–water partition coefficient (Wildman–Crippen LogP) is 5.12. The SMILES string of the molecule is CN1[C@@H]2CC[C@H]1CC(OC(=O)C(CO)c1ccccc1)C2.CNC(=O)[C@@H](NC(=O)[C@H](CC(C)C)[C@H](O)C(=O)NO)C(C)(C)C.O=C(O)CCC(=O)c1ccc(-c2ccccc2)cc1. The highest BCUT2D eigenvalue weighted by Crippen LogP contribution is 2.36. The first-order chi connectivity index (χ1) is 29.8. The number of carbonyl (C=O) groups is 6. The predicted molar refractivity (Wildman–Crippen MR) is 237 cm³/mol. The highest BCUT2D eigenvalue weighted by Gasteiger charge is 2.41. The lowest BCUT2D eigenvalue weighted by molar-refractivity contribution is -0.155. The Morgan fingerprint density at radius 3 is 1.81 bits per heavy atom. The molecule has 2 heterocycles. The Bertz CT molecular complexity index is 1920. The molecule has 7 atom stereocenters. The van der Waals surface area contributed by atoms with Gasteiger partial charge in [0.05, 0.1) is 18.9 Å². The van der Waals surface area contributed by atoms with Crippen molar-refractivity contribution in [1.82, 2.24) is 21.0 Å². The third-order valence-corrected chi connectivity index (χ3v) is 11.4. The highest BCUT2D eigenvalue weighted by molar-refractivity contribution is 5.98. The van der Waals surface area contributed by atoms with Crippen molar-refractivity contribution in [3.63, 3.8) is 0 Å². The van der Waals surface area contributed by atoms with E-state index in [1.807, 2.05) is 86.6 Å². The topological polar surface area (TPSA) is 232 Å². The molecule has 0 aromatic heterocycles. The van der Waals surface area contributed by atoms with E-state index in [1.54, 1.807) is 32.9 Å². The van der Waals surface area contributed by atoms with Gasteiger partial charge in [0, 0.05) is 31.1 Å². The van der Waals surface area contributed by atoms with E-state index >= 15 is 0 Å². The maximum Gasteiger partial charge on any atom is 0.316 e. The standard InChI is InChI=1S/C17H23NO3.C16H14O3.C15H29N3O5/c1-18-13-7-8-14(18)10-15(9-13)21-17(20)16(11-19)12-5-3-2-4-6-12;17-15(10-11-16(18)19)14-8-6-13(7-9-14)12-4-2-1-3-5-12;1-8(2)7-9(10(19)13(21)18-23)12(20)17-11(14(22)16-6)15(3,4)5/h2-6,13-16,19H,7-11H2,1H3;1-9H,10-11H2,(H,18,19);8-11,19,23H,7H2,1-6H3,(H,16,22)(H,17,20)(H,18,21)/t13-,14+,15?,16?;;9-,10+,11-/m..1/s1. The number of carboxylic acid groups (broad SMARTS) is 1. The minimum Gasteiger partial charge on any atom is -0.481 e. The first-order valence-corrected chi connectivity index (χ1v) is 21.4. The first kappa shape index (κ1) is 51.9. The number of hydrogen-bond acceptors (Lipinski definition) is 11. The lowest BCUT2D eigenvalue weighted by atomic mass is 9.84. The molecule has 2 fully saturated rings. The molecule has 63 heavy (non-hydrogen) atoms. The molecule has 0 spiro atoms. The van der Waals surface area contributed by atoms with Crippen molar-refractivity contribution < 1.29 is 54.0 Å². The summed E-state index contributed by atoms with van der Waals surface area (Å²) in [6, 6.07) is 26.8. The molecule has 344 valence electrons. The summed E-state index contributed by atoms with van der Waals surface area (Å²) in [7, 11) is 3.63. The number of aliphatic carboxylic acids is 1. The van der Waals surface area contributed by atoms with Gasteiger partial charge in [0.25, 0.3) is 5.91 Å². The highest BCUT2D eigenvalue weighted by atomic mass is 16.5. The number of nitrogens with one attached hydrogen (secondary N) is 3. The molecule has 0 radical (unpaired) electrons. The molecule has 15 nitrogen and oxygen atoms in total. The monoisotopic (exact) mass is 874 g/mol. The van der Waals surface area contributed by atoms with Crippen LogP contribution in [0, 0.1) is 17.3 Å². The van der Waals surface area contributed by atoms with E-state index < -0.39 is 47.2 Å². The van der Waals surface area contributed by atoms with Gasteiger partial charge < -0.3 is 35.6 Å². The fourth-order valence-corrected chi connectivity index (χ4v) is 7.75. The largest absolute Gasteiger partial charge is 0.481 e. The van der Waals surface area contributed by atoms with Gasteiger partial charge in [0.15, 0.2) is 5.78 Å². The zero-order valence-corrected chi connectivity index (χ0v) is 37.5. The molecule has 0 saturated carbocycles. The van der Waals surface area contributed by atoms with Crippen LogP contribution >= 0.6 is 0 Å². The number of benzene rings is 3. The van der Waals surface area contributed by atoms with Crippen molar-refractivity contribution in [2.75, 3.05) is 20.7 Å². The van der Waals surface area contributed by atoms with Crippen molar-refractivity contribution in [2.24, 2.45) is 17.3 Å². The number of ketones is 1. The number of Topliss-reactive ketones (excluding diaryl/α,β-unsaturated/α-hetero) is 1. The molecule has 2 aliphatic rings. The third-order valence-electron chi connectivity index (χ3n) is 11.4. The van der Waals surface area contributed by atoms with Crippen molar-refractivity contribution in [3.8, 4) is 11.1 Å². The van der Waals surface area contributed by atoms with Crippen LogP contribution in [0.1, 0.15) is 101 Å². The number of carbonyl (C=O) groups excluding carboxylic acids is 5. The molecule has 2 unspecified atom stereocenters. The van der Waals surface area contributed by atoms with Gasteiger partial charge in [-0.15, -0.1) is 0 Å². The van der Waals surface area contributed by atoms with Crippen LogP contribution in [0.5, 0.6) is 0 Å².